The smallest absolute Gasteiger partial charge is 0.307 e. The largest absolute Gasteiger partial charge is 0.481 e. The van der Waals surface area contributed by atoms with Crippen molar-refractivity contribution in [3.63, 3.8) is 0 Å². The fraction of sp³-hybridized carbons (Fsp3) is 0.833. The molecule has 1 aliphatic rings. The van der Waals surface area contributed by atoms with Crippen molar-refractivity contribution in [1.82, 2.24) is 5.32 Å². The van der Waals surface area contributed by atoms with E-state index in [1.54, 1.807) is 7.11 Å². The van der Waals surface area contributed by atoms with Crippen LogP contribution < -0.4 is 5.32 Å². The van der Waals surface area contributed by atoms with Crippen LogP contribution in [0.1, 0.15) is 26.7 Å². The Bertz CT molecular complexity index is 301. The first-order valence-corrected chi connectivity index (χ1v) is 5.87. The molecule has 1 rings (SSSR count). The first kappa shape index (κ1) is 14.0. The lowest BCUT2D eigenvalue weighted by Gasteiger charge is -2.24. The van der Waals surface area contributed by atoms with E-state index in [0.717, 1.165) is 6.42 Å². The maximum absolute atomic E-state index is 11.6. The lowest BCUT2D eigenvalue weighted by atomic mass is 9.89. The van der Waals surface area contributed by atoms with Crippen LogP contribution in [-0.2, 0) is 14.3 Å². The van der Waals surface area contributed by atoms with Gasteiger partial charge in [-0.15, -0.1) is 0 Å². The van der Waals surface area contributed by atoms with Gasteiger partial charge >= 0.3 is 5.97 Å². The second kappa shape index (κ2) is 5.49. The zero-order valence-corrected chi connectivity index (χ0v) is 10.7. The zero-order valence-electron chi connectivity index (χ0n) is 10.7. The molecule has 1 saturated carbocycles. The molecular weight excluding hydrogens is 222 g/mol. The van der Waals surface area contributed by atoms with E-state index < -0.39 is 11.9 Å². The SMILES string of the molecule is COCCC(C)(C)CNC(=O)[C@@H]1C[C@@H]1C(=O)O. The number of hydrogen-bond donors (Lipinski definition) is 2. The van der Waals surface area contributed by atoms with Gasteiger partial charge in [0.1, 0.15) is 0 Å². The number of carbonyl (C=O) groups excluding carboxylic acids is 1. The fourth-order valence-electron chi connectivity index (χ4n) is 1.68. The minimum atomic E-state index is -0.871. The Morgan fingerprint density at radius 2 is 2.06 bits per heavy atom. The predicted octanol–water partition coefficient (Wildman–Crippen LogP) is 0.886. The third-order valence-electron chi connectivity index (χ3n) is 3.17. The molecule has 0 heterocycles. The second-order valence-corrected chi connectivity index (χ2v) is 5.41. The number of nitrogens with one attached hydrogen (secondary N) is 1. The third-order valence-corrected chi connectivity index (χ3v) is 3.17. The van der Waals surface area contributed by atoms with E-state index in [0.29, 0.717) is 19.6 Å². The summed E-state index contributed by atoms with van der Waals surface area (Å²) in [7, 11) is 1.65. The van der Waals surface area contributed by atoms with Gasteiger partial charge in [-0.1, -0.05) is 13.8 Å². The third kappa shape index (κ3) is 4.34. The van der Waals surface area contributed by atoms with Crippen LogP contribution in [0.3, 0.4) is 0 Å². The van der Waals surface area contributed by atoms with Crippen LogP contribution in [0.4, 0.5) is 0 Å². The van der Waals surface area contributed by atoms with Gasteiger partial charge in [-0.25, -0.2) is 0 Å². The van der Waals surface area contributed by atoms with Crippen LogP contribution in [0.2, 0.25) is 0 Å². The van der Waals surface area contributed by atoms with E-state index in [1.165, 1.54) is 0 Å². The summed E-state index contributed by atoms with van der Waals surface area (Å²) < 4.78 is 5.00. The summed E-state index contributed by atoms with van der Waals surface area (Å²) in [5.41, 5.74) is -0.0285. The monoisotopic (exact) mass is 243 g/mol. The van der Waals surface area contributed by atoms with Crippen LogP contribution >= 0.6 is 0 Å². The maximum Gasteiger partial charge on any atom is 0.307 e. The summed E-state index contributed by atoms with van der Waals surface area (Å²) in [6.07, 6.45) is 1.33. The molecule has 1 fully saturated rings. The summed E-state index contributed by atoms with van der Waals surface area (Å²) in [6, 6.07) is 0. The first-order chi connectivity index (χ1) is 7.87. The summed E-state index contributed by atoms with van der Waals surface area (Å²) >= 11 is 0. The number of carbonyl (C=O) groups is 2. The molecule has 17 heavy (non-hydrogen) atoms. The number of carboxylic acid groups (broad SMARTS) is 1. The average molecular weight is 243 g/mol. The Balaban J connectivity index is 2.27. The zero-order chi connectivity index (χ0) is 13.1. The molecule has 0 saturated heterocycles. The molecule has 0 unspecified atom stereocenters. The Hall–Kier alpha value is -1.10. The highest BCUT2D eigenvalue weighted by Gasteiger charge is 2.48. The normalized spacial score (nSPS) is 23.2. The number of hydrogen-bond acceptors (Lipinski definition) is 3. The Kier molecular flexibility index (Phi) is 4.51. The van der Waals surface area contributed by atoms with E-state index in [-0.39, 0.29) is 17.2 Å². The molecule has 1 aliphatic carbocycles. The highest BCUT2D eigenvalue weighted by Crippen LogP contribution is 2.38. The molecule has 0 bridgehead atoms. The Morgan fingerprint density at radius 3 is 2.53 bits per heavy atom. The topological polar surface area (TPSA) is 75.6 Å². The van der Waals surface area contributed by atoms with Gasteiger partial charge in [0, 0.05) is 20.3 Å². The number of carboxylic acids is 1. The van der Waals surface area contributed by atoms with Crippen molar-refractivity contribution < 1.29 is 19.4 Å². The molecule has 0 spiro atoms. The molecule has 0 aliphatic heterocycles. The number of ether oxygens (including phenoxy) is 1. The van der Waals surface area contributed by atoms with Crippen molar-refractivity contribution in [2.45, 2.75) is 26.7 Å². The second-order valence-electron chi connectivity index (χ2n) is 5.41. The van der Waals surface area contributed by atoms with Crippen LogP contribution in [0, 0.1) is 17.3 Å². The summed E-state index contributed by atoms with van der Waals surface area (Å²) in [5.74, 6) is -1.81. The number of methoxy groups -OCH3 is 1. The molecule has 0 aromatic rings. The van der Waals surface area contributed by atoms with E-state index in [1.807, 2.05) is 13.8 Å². The molecule has 2 N–H and O–H groups in total. The molecule has 5 nitrogen and oxygen atoms in total. The highest BCUT2D eigenvalue weighted by atomic mass is 16.5. The maximum atomic E-state index is 11.6. The van der Waals surface area contributed by atoms with Crippen LogP contribution in [-0.4, -0.2) is 37.2 Å². The standard InChI is InChI=1S/C12H21NO4/c1-12(2,4-5-17-3)7-13-10(14)8-6-9(8)11(15)16/h8-9H,4-7H2,1-3H3,(H,13,14)(H,15,16)/t8-,9+/m1/s1. The molecule has 2 atom stereocenters. The van der Waals surface area contributed by atoms with E-state index in [4.69, 9.17) is 9.84 Å². The van der Waals surface area contributed by atoms with Gasteiger partial charge in [0.05, 0.1) is 11.8 Å². The molecule has 0 aromatic heterocycles. The summed E-state index contributed by atoms with van der Waals surface area (Å²) in [6.45, 7) is 5.31. The average Bonchev–Trinajstić information content (AvgIpc) is 3.03. The predicted molar refractivity (Wildman–Crippen MR) is 62.5 cm³/mol. The molecule has 1 amide bonds. The van der Waals surface area contributed by atoms with Crippen LogP contribution in [0.15, 0.2) is 0 Å². The molecule has 0 radical (unpaired) electrons. The van der Waals surface area contributed by atoms with Gasteiger partial charge in [0.2, 0.25) is 5.91 Å². The first-order valence-electron chi connectivity index (χ1n) is 5.87. The van der Waals surface area contributed by atoms with E-state index in [2.05, 4.69) is 5.32 Å². The van der Waals surface area contributed by atoms with Crippen LogP contribution in [0.5, 0.6) is 0 Å². The molecule has 0 aromatic carbocycles. The van der Waals surface area contributed by atoms with Gasteiger partial charge < -0.3 is 15.2 Å². The van der Waals surface area contributed by atoms with Crippen LogP contribution in [0.25, 0.3) is 0 Å². The fourth-order valence-corrected chi connectivity index (χ4v) is 1.68. The highest BCUT2D eigenvalue weighted by molar-refractivity contribution is 5.89. The quantitative estimate of drug-likeness (QED) is 0.696. The van der Waals surface area contributed by atoms with E-state index in [9.17, 15) is 9.59 Å². The van der Waals surface area contributed by atoms with Gasteiger partial charge in [-0.2, -0.15) is 0 Å². The van der Waals surface area contributed by atoms with Gasteiger partial charge in [0.25, 0.3) is 0 Å². The Morgan fingerprint density at radius 1 is 1.41 bits per heavy atom. The van der Waals surface area contributed by atoms with Gasteiger partial charge in [0.15, 0.2) is 0 Å². The lowest BCUT2D eigenvalue weighted by Crippen LogP contribution is -2.36. The van der Waals surface area contributed by atoms with Crippen molar-refractivity contribution in [2.24, 2.45) is 17.3 Å². The van der Waals surface area contributed by atoms with Crippen molar-refractivity contribution in [1.29, 1.82) is 0 Å². The summed E-state index contributed by atoms with van der Waals surface area (Å²) in [5, 5.41) is 11.5. The lowest BCUT2D eigenvalue weighted by molar-refractivity contribution is -0.140. The number of amides is 1. The minimum Gasteiger partial charge on any atom is -0.481 e. The van der Waals surface area contributed by atoms with Gasteiger partial charge in [-0.05, 0) is 18.3 Å². The molecular formula is C12H21NO4. The summed E-state index contributed by atoms with van der Waals surface area (Å²) in [4.78, 5) is 22.3. The number of rotatable bonds is 7. The minimum absolute atomic E-state index is 0.0285. The van der Waals surface area contributed by atoms with Gasteiger partial charge in [-0.3, -0.25) is 9.59 Å². The van der Waals surface area contributed by atoms with Crippen molar-refractivity contribution in [3.05, 3.63) is 0 Å². The van der Waals surface area contributed by atoms with Crippen molar-refractivity contribution in [2.75, 3.05) is 20.3 Å². The van der Waals surface area contributed by atoms with E-state index >= 15 is 0 Å². The van der Waals surface area contributed by atoms with Crippen molar-refractivity contribution in [3.8, 4) is 0 Å². The number of aliphatic carboxylic acids is 1. The Labute approximate surface area is 102 Å². The van der Waals surface area contributed by atoms with Crippen molar-refractivity contribution >= 4 is 11.9 Å². The molecule has 98 valence electrons. The molecule has 5 heteroatoms.